The zero-order chi connectivity index (χ0) is 27.0. The largest absolute Gasteiger partial charge is 0.492 e. The van der Waals surface area contributed by atoms with Crippen molar-refractivity contribution in [3.8, 4) is 11.8 Å². The number of aromatic nitrogens is 1. The lowest BCUT2D eigenvalue weighted by Crippen LogP contribution is -2.37. The molecular formula is C25H30F3N5O3S. The summed E-state index contributed by atoms with van der Waals surface area (Å²) in [5, 5.41) is 14.1. The fourth-order valence-electron chi connectivity index (χ4n) is 3.86. The average Bonchev–Trinajstić information content (AvgIpc) is 3.17. The van der Waals surface area contributed by atoms with E-state index in [1.807, 2.05) is 12.1 Å². The van der Waals surface area contributed by atoms with Crippen molar-refractivity contribution in [1.29, 1.82) is 5.26 Å². The Bertz CT molecular complexity index is 1300. The molecule has 2 N–H and O–H groups in total. The molecule has 1 fully saturated rings. The van der Waals surface area contributed by atoms with E-state index in [0.29, 0.717) is 18.0 Å². The molecule has 3 rings (SSSR count). The molecule has 0 bridgehead atoms. The molecule has 8 nitrogen and oxygen atoms in total. The van der Waals surface area contributed by atoms with Gasteiger partial charge in [0.15, 0.2) is 5.57 Å². The number of benzene rings is 1. The number of nitriles is 1. The van der Waals surface area contributed by atoms with Gasteiger partial charge in [0.2, 0.25) is 0 Å². The standard InChI is InChI=1S/C25H30F3N5O3S/c1-3-33-23(35)21(37-24(33)20(14-29)22(34)31-16-25(26,27)28)15-30-18-5-4-6-19(13-18)36-12-11-32-9-7-17(2)8-10-32/h4-6,13,15,17,30H,3,7-12,16H2,1-2H3,(H,31,34)/b21-15+,24-20-. The third-order valence-electron chi connectivity index (χ3n) is 5.98. The van der Waals surface area contributed by atoms with Gasteiger partial charge >= 0.3 is 6.18 Å². The number of hydrogen-bond donors (Lipinski definition) is 2. The number of ether oxygens (including phenoxy) is 1. The predicted octanol–water partition coefficient (Wildman–Crippen LogP) is 2.24. The number of carbonyl (C=O) groups excluding carboxylic acids is 1. The van der Waals surface area contributed by atoms with Crippen LogP contribution in [0, 0.1) is 17.2 Å². The summed E-state index contributed by atoms with van der Waals surface area (Å²) in [6, 6.07) is 8.86. The molecule has 0 spiro atoms. The second-order valence-electron chi connectivity index (χ2n) is 8.79. The Balaban J connectivity index is 1.74. The van der Waals surface area contributed by atoms with E-state index in [-0.39, 0.29) is 15.7 Å². The summed E-state index contributed by atoms with van der Waals surface area (Å²) in [5.74, 6) is 0.253. The fourth-order valence-corrected chi connectivity index (χ4v) is 4.95. The maximum absolute atomic E-state index is 12.8. The maximum Gasteiger partial charge on any atom is 0.405 e. The molecule has 200 valence electrons. The second-order valence-corrected chi connectivity index (χ2v) is 9.83. The van der Waals surface area contributed by atoms with E-state index in [9.17, 15) is 28.0 Å². The van der Waals surface area contributed by atoms with Gasteiger partial charge in [-0.3, -0.25) is 19.1 Å². The fraction of sp³-hybridized carbons (Fsp3) is 0.480. The van der Waals surface area contributed by atoms with Gasteiger partial charge in [0, 0.05) is 31.0 Å². The third-order valence-corrected chi connectivity index (χ3v) is 7.11. The molecular weight excluding hydrogens is 507 g/mol. The lowest BCUT2D eigenvalue weighted by Gasteiger charge is -2.29. The predicted molar refractivity (Wildman–Crippen MR) is 136 cm³/mol. The molecule has 2 heterocycles. The van der Waals surface area contributed by atoms with Crippen LogP contribution in [0.5, 0.6) is 5.75 Å². The molecule has 1 amide bonds. The molecule has 37 heavy (non-hydrogen) atoms. The summed E-state index contributed by atoms with van der Waals surface area (Å²) >= 11 is 0.852. The van der Waals surface area contributed by atoms with E-state index in [1.165, 1.54) is 23.6 Å². The van der Waals surface area contributed by atoms with Crippen LogP contribution >= 0.6 is 11.3 Å². The molecule has 1 aliphatic rings. The zero-order valence-electron chi connectivity index (χ0n) is 20.7. The molecule has 0 unspecified atom stereocenters. The Morgan fingerprint density at radius 3 is 2.70 bits per heavy atom. The monoisotopic (exact) mass is 537 g/mol. The number of hydrogen-bond acceptors (Lipinski definition) is 7. The van der Waals surface area contributed by atoms with Crippen LogP contribution in [0.25, 0.3) is 11.8 Å². The summed E-state index contributed by atoms with van der Waals surface area (Å²) in [6.45, 7) is 6.03. The van der Waals surface area contributed by atoms with E-state index >= 15 is 0 Å². The highest BCUT2D eigenvalue weighted by atomic mass is 32.1. The minimum atomic E-state index is -4.62. The highest BCUT2D eigenvalue weighted by Gasteiger charge is 2.29. The number of carbonyl (C=O) groups is 1. The normalized spacial score (nSPS) is 16.3. The molecule has 2 aromatic rings. The van der Waals surface area contributed by atoms with Crippen molar-refractivity contribution in [2.45, 2.75) is 39.4 Å². The van der Waals surface area contributed by atoms with Gasteiger partial charge < -0.3 is 15.4 Å². The molecule has 1 aliphatic heterocycles. The van der Waals surface area contributed by atoms with Gasteiger partial charge in [-0.05, 0) is 50.9 Å². The topological polar surface area (TPSA) is 99.4 Å². The third kappa shape index (κ3) is 8.10. The Kier molecular flexibility index (Phi) is 9.77. The van der Waals surface area contributed by atoms with E-state index in [0.717, 1.165) is 36.9 Å². The van der Waals surface area contributed by atoms with E-state index in [4.69, 9.17) is 4.74 Å². The van der Waals surface area contributed by atoms with Gasteiger partial charge in [0.25, 0.3) is 11.5 Å². The first-order chi connectivity index (χ1) is 17.6. The lowest BCUT2D eigenvalue weighted by molar-refractivity contribution is -0.135. The molecule has 1 aromatic heterocycles. The first-order valence-electron chi connectivity index (χ1n) is 12.0. The Morgan fingerprint density at radius 1 is 1.32 bits per heavy atom. The molecule has 0 atom stereocenters. The van der Waals surface area contributed by atoms with Gasteiger partial charge in [0.05, 0.1) is 0 Å². The minimum absolute atomic E-state index is 0.00749. The quantitative estimate of drug-likeness (QED) is 0.509. The van der Waals surface area contributed by atoms with Crippen LogP contribution in [0.15, 0.2) is 29.1 Å². The van der Waals surface area contributed by atoms with Crippen LogP contribution in [0.4, 0.5) is 18.9 Å². The summed E-state index contributed by atoms with van der Waals surface area (Å²) in [6.07, 6.45) is -0.779. The molecule has 0 saturated carbocycles. The number of thiazole rings is 1. The highest BCUT2D eigenvalue weighted by Crippen LogP contribution is 2.19. The summed E-state index contributed by atoms with van der Waals surface area (Å²) < 4.78 is 44.7. The molecule has 0 radical (unpaired) electrons. The van der Waals surface area contributed by atoms with Crippen molar-refractivity contribution in [3.05, 3.63) is 43.8 Å². The van der Waals surface area contributed by atoms with Crippen molar-refractivity contribution in [2.75, 3.05) is 38.1 Å². The SMILES string of the molecule is CCn1c(=O)/c(=C\Nc2cccc(OCCN3CCC(C)CC3)c2)s/c1=C(/C#N)C(=O)NCC(F)(F)F. The summed E-state index contributed by atoms with van der Waals surface area (Å²) in [5.41, 5.74) is -0.352. The smallest absolute Gasteiger partial charge is 0.405 e. The Labute approximate surface area is 216 Å². The number of nitrogens with one attached hydrogen (secondary N) is 2. The lowest BCUT2D eigenvalue weighted by atomic mass is 9.99. The number of halogens is 3. The zero-order valence-corrected chi connectivity index (χ0v) is 21.5. The van der Waals surface area contributed by atoms with Crippen molar-refractivity contribution < 1.29 is 22.7 Å². The van der Waals surface area contributed by atoms with E-state index in [1.54, 1.807) is 30.4 Å². The Morgan fingerprint density at radius 2 is 2.05 bits per heavy atom. The van der Waals surface area contributed by atoms with Crippen LogP contribution in [-0.4, -0.2) is 54.3 Å². The van der Waals surface area contributed by atoms with Crippen molar-refractivity contribution >= 4 is 34.7 Å². The molecule has 12 heteroatoms. The first-order valence-corrected chi connectivity index (χ1v) is 12.8. The van der Waals surface area contributed by atoms with Crippen LogP contribution in [0.1, 0.15) is 26.7 Å². The van der Waals surface area contributed by atoms with Crippen molar-refractivity contribution in [1.82, 2.24) is 14.8 Å². The number of rotatable bonds is 9. The van der Waals surface area contributed by atoms with Gasteiger partial charge in [-0.1, -0.05) is 13.0 Å². The number of amides is 1. The number of likely N-dealkylation sites (tertiary alicyclic amines) is 1. The van der Waals surface area contributed by atoms with Crippen LogP contribution in [0.3, 0.4) is 0 Å². The van der Waals surface area contributed by atoms with Gasteiger partial charge in [0.1, 0.15) is 34.2 Å². The van der Waals surface area contributed by atoms with Crippen LogP contribution in [-0.2, 0) is 11.3 Å². The van der Waals surface area contributed by atoms with Crippen molar-refractivity contribution in [2.24, 2.45) is 5.92 Å². The molecule has 0 aliphatic carbocycles. The van der Waals surface area contributed by atoms with E-state index in [2.05, 4.69) is 17.1 Å². The number of anilines is 1. The van der Waals surface area contributed by atoms with Gasteiger partial charge in [-0.15, -0.1) is 11.3 Å². The molecule has 1 aromatic carbocycles. The first kappa shape index (κ1) is 28.3. The number of alkyl halides is 3. The van der Waals surface area contributed by atoms with Crippen LogP contribution in [0.2, 0.25) is 0 Å². The van der Waals surface area contributed by atoms with Gasteiger partial charge in [-0.2, -0.15) is 18.4 Å². The number of nitrogens with zero attached hydrogens (tertiary/aromatic N) is 3. The second kappa shape index (κ2) is 12.8. The minimum Gasteiger partial charge on any atom is -0.492 e. The number of piperidine rings is 1. The summed E-state index contributed by atoms with van der Waals surface area (Å²) in [4.78, 5) is 27.4. The average molecular weight is 538 g/mol. The molecule has 1 saturated heterocycles. The van der Waals surface area contributed by atoms with Crippen molar-refractivity contribution in [3.63, 3.8) is 0 Å². The van der Waals surface area contributed by atoms with E-state index < -0.39 is 29.8 Å². The van der Waals surface area contributed by atoms with Gasteiger partial charge in [-0.25, -0.2) is 0 Å². The maximum atomic E-state index is 12.8. The van der Waals surface area contributed by atoms with Crippen LogP contribution < -0.4 is 30.1 Å². The summed E-state index contributed by atoms with van der Waals surface area (Å²) in [7, 11) is 0. The Hall–Kier alpha value is -3.30. The highest BCUT2D eigenvalue weighted by molar-refractivity contribution is 7.07.